The van der Waals surface area contributed by atoms with Crippen LogP contribution in [0, 0.1) is 0 Å². The molecule has 0 unspecified atom stereocenters. The lowest BCUT2D eigenvalue weighted by Crippen LogP contribution is -2.32. The number of amides is 1. The maximum atomic E-state index is 13.9. The first kappa shape index (κ1) is 25.5. The Morgan fingerprint density at radius 2 is 1.70 bits per heavy atom. The summed E-state index contributed by atoms with van der Waals surface area (Å²) in [5.74, 6) is -0.448. The van der Waals surface area contributed by atoms with Crippen molar-refractivity contribution in [1.82, 2.24) is 4.72 Å². The molecule has 5 rings (SSSR count). The molecule has 1 aliphatic carbocycles. The van der Waals surface area contributed by atoms with Crippen molar-refractivity contribution in [1.29, 1.82) is 0 Å². The average Bonchev–Trinajstić information content (AvgIpc) is 3.45. The molecule has 0 bridgehead atoms. The number of carbonyl (C=O) groups excluding carboxylic acids is 1. The molecule has 1 amide bonds. The first-order chi connectivity index (χ1) is 18.0. The molecule has 1 heterocycles. The summed E-state index contributed by atoms with van der Waals surface area (Å²) in [5, 5.41) is 2.99. The summed E-state index contributed by atoms with van der Waals surface area (Å²) in [4.78, 5) is 15.6. The predicted molar refractivity (Wildman–Crippen MR) is 148 cm³/mol. The fourth-order valence-corrected chi connectivity index (χ4v) is 7.14. The Morgan fingerprint density at radius 1 is 0.973 bits per heavy atom. The topological polar surface area (TPSA) is 78.5 Å². The van der Waals surface area contributed by atoms with Crippen LogP contribution in [-0.2, 0) is 21.2 Å². The van der Waals surface area contributed by atoms with E-state index in [2.05, 4.69) is 21.0 Å². The van der Waals surface area contributed by atoms with Gasteiger partial charge in [0.1, 0.15) is 4.90 Å². The second-order valence-corrected chi connectivity index (χ2v) is 11.7. The van der Waals surface area contributed by atoms with Gasteiger partial charge in [-0.15, -0.1) is 0 Å². The molecule has 0 saturated carbocycles. The van der Waals surface area contributed by atoms with Crippen LogP contribution in [0.15, 0.2) is 77.7 Å². The van der Waals surface area contributed by atoms with Gasteiger partial charge in [-0.25, -0.2) is 13.1 Å². The Balaban J connectivity index is 1.45. The number of hydrogen-bond acceptors (Lipinski definition) is 4. The van der Waals surface area contributed by atoms with Crippen molar-refractivity contribution in [2.24, 2.45) is 0 Å². The zero-order chi connectivity index (χ0) is 25.8. The van der Waals surface area contributed by atoms with E-state index in [9.17, 15) is 13.2 Å². The van der Waals surface area contributed by atoms with Gasteiger partial charge < -0.3 is 10.2 Å². The van der Waals surface area contributed by atoms with Gasteiger partial charge in [0.05, 0.1) is 11.6 Å². The summed E-state index contributed by atoms with van der Waals surface area (Å²) in [6.07, 6.45) is 5.40. The van der Waals surface area contributed by atoms with Crippen LogP contribution in [0.1, 0.15) is 67.7 Å². The molecule has 1 fully saturated rings. The van der Waals surface area contributed by atoms with Crippen LogP contribution in [-0.4, -0.2) is 27.4 Å². The molecule has 0 radical (unpaired) electrons. The lowest BCUT2D eigenvalue weighted by atomic mass is 9.88. The molecule has 2 aliphatic rings. The minimum atomic E-state index is -3.85. The maximum absolute atomic E-state index is 13.9. The molecule has 3 aromatic carbocycles. The summed E-state index contributed by atoms with van der Waals surface area (Å²) < 4.78 is 30.8. The molecule has 2 N–H and O–H groups in total. The summed E-state index contributed by atoms with van der Waals surface area (Å²) in [6, 6.07) is 22.8. The highest BCUT2D eigenvalue weighted by Crippen LogP contribution is 2.35. The van der Waals surface area contributed by atoms with Crippen LogP contribution < -0.4 is 14.9 Å². The van der Waals surface area contributed by atoms with E-state index in [4.69, 9.17) is 0 Å². The van der Waals surface area contributed by atoms with Crippen molar-refractivity contribution in [3.63, 3.8) is 0 Å². The Morgan fingerprint density at radius 3 is 2.46 bits per heavy atom. The van der Waals surface area contributed by atoms with Crippen LogP contribution >= 0.6 is 0 Å². The molecule has 1 saturated heterocycles. The molecule has 1 aliphatic heterocycles. The number of nitrogens with zero attached hydrogens (tertiary/aromatic N) is 1. The molecule has 0 spiro atoms. The van der Waals surface area contributed by atoms with E-state index in [1.807, 2.05) is 67.6 Å². The lowest BCUT2D eigenvalue weighted by Gasteiger charge is -2.28. The minimum Gasteiger partial charge on any atom is -0.370 e. The van der Waals surface area contributed by atoms with Crippen molar-refractivity contribution in [2.75, 3.05) is 23.3 Å². The zero-order valence-electron chi connectivity index (χ0n) is 21.3. The first-order valence-electron chi connectivity index (χ1n) is 13.3. The van der Waals surface area contributed by atoms with E-state index < -0.39 is 10.0 Å². The SMILES string of the molecule is CC[C@H](C(=O)Nc1ccc(N2CCCC2)c(S(=O)(=O)N[C@@H]2CCCc3ccccc32)c1)c1ccccc1. The standard InChI is InChI=1S/C30H35N3O3S/c1-2-25(22-11-4-3-5-12-22)30(34)31-24-17-18-28(33-19-8-9-20-33)29(21-24)37(35,36)32-27-16-10-14-23-13-6-7-15-26(23)27/h3-7,11-13,15,17-18,21,25,27,32H,2,8-10,14,16,19-20H2,1H3,(H,31,34)/t25-,27+/m0/s1. The molecule has 6 nitrogen and oxygen atoms in total. The summed E-state index contributed by atoms with van der Waals surface area (Å²) in [5.41, 5.74) is 4.39. The van der Waals surface area contributed by atoms with Gasteiger partial charge >= 0.3 is 0 Å². The molecular weight excluding hydrogens is 482 g/mol. The van der Waals surface area contributed by atoms with Crippen molar-refractivity contribution in [3.8, 4) is 0 Å². The molecule has 2 atom stereocenters. The van der Waals surface area contributed by atoms with Gasteiger partial charge in [-0.3, -0.25) is 4.79 Å². The van der Waals surface area contributed by atoms with E-state index in [1.165, 1.54) is 5.56 Å². The highest BCUT2D eigenvalue weighted by Gasteiger charge is 2.30. The quantitative estimate of drug-likeness (QED) is 0.397. The monoisotopic (exact) mass is 517 g/mol. The van der Waals surface area contributed by atoms with E-state index in [1.54, 1.807) is 6.07 Å². The van der Waals surface area contributed by atoms with Gasteiger partial charge in [0.2, 0.25) is 15.9 Å². The number of benzene rings is 3. The Bertz CT molecular complexity index is 1350. The normalized spacial score (nSPS) is 18.3. The minimum absolute atomic E-state index is 0.139. The Labute approximate surface area is 220 Å². The predicted octanol–water partition coefficient (Wildman–Crippen LogP) is 5.78. The third-order valence-electron chi connectivity index (χ3n) is 7.56. The van der Waals surface area contributed by atoms with Crippen molar-refractivity contribution in [3.05, 3.63) is 89.5 Å². The van der Waals surface area contributed by atoms with Gasteiger partial charge in [0, 0.05) is 24.8 Å². The third kappa shape index (κ3) is 5.58. The molecule has 7 heteroatoms. The van der Waals surface area contributed by atoms with Crippen LogP contribution in [0.3, 0.4) is 0 Å². The highest BCUT2D eigenvalue weighted by atomic mass is 32.2. The molecular formula is C30H35N3O3S. The first-order valence-corrected chi connectivity index (χ1v) is 14.8. The Hall–Kier alpha value is -3.16. The van der Waals surface area contributed by atoms with Crippen LogP contribution in [0.2, 0.25) is 0 Å². The number of anilines is 2. The van der Waals surface area contributed by atoms with E-state index in [0.717, 1.165) is 56.3 Å². The second kappa shape index (κ2) is 11.1. The van der Waals surface area contributed by atoms with E-state index in [-0.39, 0.29) is 22.8 Å². The van der Waals surface area contributed by atoms with Crippen molar-refractivity contribution in [2.45, 2.75) is 62.3 Å². The van der Waals surface area contributed by atoms with Gasteiger partial charge in [-0.05, 0) is 73.4 Å². The number of hydrogen-bond donors (Lipinski definition) is 2. The molecule has 194 valence electrons. The number of sulfonamides is 1. The van der Waals surface area contributed by atoms with Gasteiger partial charge in [0.15, 0.2) is 0 Å². The third-order valence-corrected chi connectivity index (χ3v) is 9.06. The number of carbonyl (C=O) groups is 1. The maximum Gasteiger partial charge on any atom is 0.243 e. The van der Waals surface area contributed by atoms with Gasteiger partial charge in [0.25, 0.3) is 0 Å². The van der Waals surface area contributed by atoms with Gasteiger partial charge in [-0.1, -0.05) is 61.5 Å². The number of aryl methyl sites for hydroxylation is 1. The van der Waals surface area contributed by atoms with Crippen LogP contribution in [0.25, 0.3) is 0 Å². The summed E-state index contributed by atoms with van der Waals surface area (Å²) >= 11 is 0. The van der Waals surface area contributed by atoms with Crippen molar-refractivity contribution >= 4 is 27.3 Å². The largest absolute Gasteiger partial charge is 0.370 e. The molecule has 37 heavy (non-hydrogen) atoms. The molecule has 3 aromatic rings. The van der Waals surface area contributed by atoms with E-state index >= 15 is 0 Å². The number of rotatable bonds is 8. The average molecular weight is 518 g/mol. The zero-order valence-corrected chi connectivity index (χ0v) is 22.1. The van der Waals surface area contributed by atoms with Crippen molar-refractivity contribution < 1.29 is 13.2 Å². The Kier molecular flexibility index (Phi) is 7.63. The highest BCUT2D eigenvalue weighted by molar-refractivity contribution is 7.89. The smallest absolute Gasteiger partial charge is 0.243 e. The number of fused-ring (bicyclic) bond motifs is 1. The fraction of sp³-hybridized carbons (Fsp3) is 0.367. The second-order valence-electron chi connectivity index (χ2n) is 10.0. The van der Waals surface area contributed by atoms with Crippen LogP contribution in [0.4, 0.5) is 11.4 Å². The fourth-order valence-electron chi connectivity index (χ4n) is 5.64. The summed E-state index contributed by atoms with van der Waals surface area (Å²) in [7, 11) is -3.85. The van der Waals surface area contributed by atoms with Gasteiger partial charge in [-0.2, -0.15) is 0 Å². The lowest BCUT2D eigenvalue weighted by molar-refractivity contribution is -0.117. The van der Waals surface area contributed by atoms with Crippen LogP contribution in [0.5, 0.6) is 0 Å². The summed E-state index contributed by atoms with van der Waals surface area (Å²) in [6.45, 7) is 3.63. The molecule has 0 aromatic heterocycles. The number of nitrogens with one attached hydrogen (secondary N) is 2. The van der Waals surface area contributed by atoms with E-state index in [0.29, 0.717) is 17.8 Å².